The van der Waals surface area contributed by atoms with Crippen LogP contribution in [0.1, 0.15) is 10.5 Å². The number of aromatic amines is 1. The van der Waals surface area contributed by atoms with Crippen LogP contribution in [-0.2, 0) is 0 Å². The molecule has 0 aliphatic heterocycles. The van der Waals surface area contributed by atoms with E-state index in [2.05, 4.69) is 19.9 Å². The minimum absolute atomic E-state index is 0.190. The van der Waals surface area contributed by atoms with Crippen LogP contribution in [-0.4, -0.2) is 44.8 Å². The fraction of sp³-hybridized carbons (Fsp3) is 0.133. The summed E-state index contributed by atoms with van der Waals surface area (Å²) in [4.78, 5) is 40.8. The Morgan fingerprint density at radius 3 is 2.82 bits per heavy atom. The van der Waals surface area contributed by atoms with Crippen molar-refractivity contribution in [2.75, 3.05) is 14.1 Å². The molecule has 3 aromatic rings. The van der Waals surface area contributed by atoms with Gasteiger partial charge >= 0.3 is 0 Å². The number of rotatable bonds is 2. The first kappa shape index (κ1) is 13.9. The summed E-state index contributed by atoms with van der Waals surface area (Å²) >= 11 is 0. The van der Waals surface area contributed by atoms with Gasteiger partial charge in [0.15, 0.2) is 0 Å². The van der Waals surface area contributed by atoms with Crippen LogP contribution in [0.2, 0.25) is 0 Å². The molecule has 7 nitrogen and oxygen atoms in total. The lowest BCUT2D eigenvalue weighted by molar-refractivity contribution is 0.0822. The minimum atomic E-state index is -0.314. The van der Waals surface area contributed by atoms with E-state index in [4.69, 9.17) is 0 Å². The van der Waals surface area contributed by atoms with Gasteiger partial charge in [-0.25, -0.2) is 9.97 Å². The maximum Gasteiger partial charge on any atom is 0.271 e. The van der Waals surface area contributed by atoms with Crippen molar-refractivity contribution in [2.45, 2.75) is 0 Å². The third kappa shape index (κ3) is 2.32. The van der Waals surface area contributed by atoms with Crippen LogP contribution in [0.4, 0.5) is 0 Å². The SMILES string of the molecule is CN(C)C(=O)c1cc2c(=O)[nH]cnc2c(-c2cccnc2)n1. The molecule has 3 heterocycles. The quantitative estimate of drug-likeness (QED) is 0.764. The van der Waals surface area contributed by atoms with Gasteiger partial charge in [-0.15, -0.1) is 0 Å². The summed E-state index contributed by atoms with van der Waals surface area (Å²) in [6.07, 6.45) is 4.58. The van der Waals surface area contributed by atoms with Crippen molar-refractivity contribution in [2.24, 2.45) is 0 Å². The van der Waals surface area contributed by atoms with E-state index in [0.717, 1.165) is 0 Å². The number of nitrogens with zero attached hydrogens (tertiary/aromatic N) is 4. The molecule has 0 fully saturated rings. The number of H-pyrrole nitrogens is 1. The molecular weight excluding hydrogens is 282 g/mol. The molecule has 7 heteroatoms. The molecule has 110 valence electrons. The molecule has 0 atom stereocenters. The van der Waals surface area contributed by atoms with Crippen molar-refractivity contribution in [1.82, 2.24) is 24.8 Å². The van der Waals surface area contributed by atoms with Crippen molar-refractivity contribution in [1.29, 1.82) is 0 Å². The Morgan fingerprint density at radius 2 is 2.14 bits per heavy atom. The third-order valence-corrected chi connectivity index (χ3v) is 3.19. The Balaban J connectivity index is 2.37. The molecule has 0 bridgehead atoms. The lowest BCUT2D eigenvalue weighted by Crippen LogP contribution is -2.23. The lowest BCUT2D eigenvalue weighted by Gasteiger charge is -2.12. The van der Waals surface area contributed by atoms with E-state index in [9.17, 15) is 9.59 Å². The highest BCUT2D eigenvalue weighted by atomic mass is 16.2. The monoisotopic (exact) mass is 295 g/mol. The summed E-state index contributed by atoms with van der Waals surface area (Å²) in [5.41, 5.74) is 1.47. The summed E-state index contributed by atoms with van der Waals surface area (Å²) in [6.45, 7) is 0. The number of aromatic nitrogens is 4. The van der Waals surface area contributed by atoms with Crippen LogP contribution in [0.3, 0.4) is 0 Å². The van der Waals surface area contributed by atoms with Gasteiger partial charge in [0.25, 0.3) is 11.5 Å². The summed E-state index contributed by atoms with van der Waals surface area (Å²) in [5.74, 6) is -0.282. The first-order valence-corrected chi connectivity index (χ1v) is 6.58. The number of pyridine rings is 2. The smallest absolute Gasteiger partial charge is 0.271 e. The second-order valence-corrected chi connectivity index (χ2v) is 4.93. The summed E-state index contributed by atoms with van der Waals surface area (Å²) in [6, 6.07) is 5.03. The molecule has 3 aromatic heterocycles. The second kappa shape index (κ2) is 5.36. The largest absolute Gasteiger partial charge is 0.343 e. The molecule has 0 saturated heterocycles. The zero-order chi connectivity index (χ0) is 15.7. The third-order valence-electron chi connectivity index (χ3n) is 3.19. The highest BCUT2D eigenvalue weighted by Gasteiger charge is 2.17. The van der Waals surface area contributed by atoms with E-state index in [-0.39, 0.29) is 17.2 Å². The highest BCUT2D eigenvalue weighted by molar-refractivity contribution is 5.99. The van der Waals surface area contributed by atoms with E-state index >= 15 is 0 Å². The van der Waals surface area contributed by atoms with Gasteiger partial charge in [-0.05, 0) is 18.2 Å². The van der Waals surface area contributed by atoms with Crippen LogP contribution in [0.15, 0.2) is 41.7 Å². The number of hydrogen-bond acceptors (Lipinski definition) is 5. The van der Waals surface area contributed by atoms with Crippen LogP contribution >= 0.6 is 0 Å². The van der Waals surface area contributed by atoms with E-state index in [1.54, 1.807) is 32.6 Å². The number of carbonyl (C=O) groups excluding carboxylic acids is 1. The van der Waals surface area contributed by atoms with Gasteiger partial charge < -0.3 is 9.88 Å². The first-order valence-electron chi connectivity index (χ1n) is 6.58. The Bertz CT molecular complexity index is 903. The Labute approximate surface area is 125 Å². The number of amides is 1. The number of hydrogen-bond donors (Lipinski definition) is 1. The Morgan fingerprint density at radius 1 is 1.32 bits per heavy atom. The molecule has 0 spiro atoms. The van der Waals surface area contributed by atoms with Gasteiger partial charge in [-0.1, -0.05) is 0 Å². The number of fused-ring (bicyclic) bond motifs is 1. The molecule has 0 aliphatic carbocycles. The first-order chi connectivity index (χ1) is 10.6. The summed E-state index contributed by atoms with van der Waals surface area (Å²) < 4.78 is 0. The average molecular weight is 295 g/mol. The van der Waals surface area contributed by atoms with Crippen molar-refractivity contribution in [3.05, 3.63) is 53.0 Å². The van der Waals surface area contributed by atoms with Crippen LogP contribution in [0, 0.1) is 0 Å². The van der Waals surface area contributed by atoms with Crippen molar-refractivity contribution in [3.8, 4) is 11.3 Å². The van der Waals surface area contributed by atoms with Gasteiger partial charge in [0.05, 0.1) is 17.4 Å². The van der Waals surface area contributed by atoms with Crippen molar-refractivity contribution < 1.29 is 4.79 Å². The van der Waals surface area contributed by atoms with Gasteiger partial charge in [0, 0.05) is 32.1 Å². The predicted molar refractivity (Wildman–Crippen MR) is 81.4 cm³/mol. The Kier molecular flexibility index (Phi) is 3.38. The maximum absolute atomic E-state index is 12.2. The van der Waals surface area contributed by atoms with Gasteiger partial charge in [0.2, 0.25) is 0 Å². The molecule has 1 N–H and O–H groups in total. The minimum Gasteiger partial charge on any atom is -0.343 e. The Hall–Kier alpha value is -3.09. The fourth-order valence-corrected chi connectivity index (χ4v) is 2.12. The number of carbonyl (C=O) groups is 1. The molecule has 0 saturated carbocycles. The topological polar surface area (TPSA) is 91.8 Å². The van der Waals surface area contributed by atoms with Gasteiger partial charge in [0.1, 0.15) is 11.2 Å². The van der Waals surface area contributed by atoms with Gasteiger partial charge in [-0.3, -0.25) is 14.6 Å². The maximum atomic E-state index is 12.2. The summed E-state index contributed by atoms with van der Waals surface area (Å²) in [5, 5.41) is 0.321. The van der Waals surface area contributed by atoms with Crippen LogP contribution < -0.4 is 5.56 Å². The zero-order valence-electron chi connectivity index (χ0n) is 12.1. The fourth-order valence-electron chi connectivity index (χ4n) is 2.12. The molecule has 0 unspecified atom stereocenters. The predicted octanol–water partition coefficient (Wildman–Crippen LogP) is 1.08. The van der Waals surface area contributed by atoms with Crippen molar-refractivity contribution in [3.63, 3.8) is 0 Å². The zero-order valence-corrected chi connectivity index (χ0v) is 12.1. The number of nitrogens with one attached hydrogen (secondary N) is 1. The average Bonchev–Trinajstić information content (AvgIpc) is 2.54. The lowest BCUT2D eigenvalue weighted by atomic mass is 10.1. The molecule has 0 radical (unpaired) electrons. The van der Waals surface area contributed by atoms with Crippen molar-refractivity contribution >= 4 is 16.8 Å². The van der Waals surface area contributed by atoms with E-state index in [1.165, 1.54) is 17.3 Å². The normalized spacial score (nSPS) is 10.6. The molecular formula is C15H13N5O2. The molecule has 22 heavy (non-hydrogen) atoms. The van der Waals surface area contributed by atoms with E-state index in [0.29, 0.717) is 22.2 Å². The van der Waals surface area contributed by atoms with Gasteiger partial charge in [-0.2, -0.15) is 0 Å². The molecule has 0 aliphatic rings. The standard InChI is InChI=1S/C15H13N5O2/c1-20(2)15(22)11-6-10-13(17-8-18-14(10)21)12(19-11)9-4-3-5-16-7-9/h3-8H,1-2H3,(H,17,18,21). The second-order valence-electron chi connectivity index (χ2n) is 4.93. The molecule has 0 aromatic carbocycles. The van der Waals surface area contributed by atoms with Crippen LogP contribution in [0.5, 0.6) is 0 Å². The molecule has 3 rings (SSSR count). The van der Waals surface area contributed by atoms with Crippen LogP contribution in [0.25, 0.3) is 22.2 Å². The van der Waals surface area contributed by atoms with E-state index < -0.39 is 0 Å². The molecule has 1 amide bonds. The summed E-state index contributed by atoms with van der Waals surface area (Å²) in [7, 11) is 3.26. The van der Waals surface area contributed by atoms with E-state index in [1.807, 2.05) is 6.07 Å². The highest BCUT2D eigenvalue weighted by Crippen LogP contribution is 2.23.